The molecule has 25 heavy (non-hydrogen) atoms. The van der Waals surface area contributed by atoms with Crippen LogP contribution in [0.2, 0.25) is 0 Å². The number of nitrogens with zero attached hydrogens (tertiary/aromatic N) is 4. The summed E-state index contributed by atoms with van der Waals surface area (Å²) in [5.74, 6) is 0.600. The highest BCUT2D eigenvalue weighted by molar-refractivity contribution is 5.79. The quantitative estimate of drug-likeness (QED) is 0.317. The van der Waals surface area contributed by atoms with Crippen LogP contribution in [0.4, 0.5) is 13.2 Å². The number of allylic oxidation sites excluding steroid dienone is 1. The third-order valence-corrected chi connectivity index (χ3v) is 3.67. The number of alkyl halides is 3. The van der Waals surface area contributed by atoms with Crippen molar-refractivity contribution in [2.75, 3.05) is 20.1 Å². The highest BCUT2D eigenvalue weighted by atomic mass is 19.4. The van der Waals surface area contributed by atoms with Crippen LogP contribution in [0.25, 0.3) is 0 Å². The number of rotatable bonds is 9. The summed E-state index contributed by atoms with van der Waals surface area (Å²) in [7, 11) is 3.37. The molecular formula is C17H28F3N5. The zero-order chi connectivity index (χ0) is 18.9. The summed E-state index contributed by atoms with van der Waals surface area (Å²) in [5.41, 5.74) is -0.800. The third kappa shape index (κ3) is 7.19. The van der Waals surface area contributed by atoms with E-state index in [2.05, 4.69) is 22.0 Å². The Labute approximate surface area is 147 Å². The number of hydrogen-bond donors (Lipinski definition) is 1. The normalized spacial score (nSPS) is 12.3. The maximum Gasteiger partial charge on any atom is 0.435 e. The molecule has 0 unspecified atom stereocenters. The molecule has 0 saturated heterocycles. The molecule has 0 fully saturated rings. The van der Waals surface area contributed by atoms with Gasteiger partial charge in [-0.25, -0.2) is 4.99 Å². The molecule has 0 radical (unpaired) electrons. The summed E-state index contributed by atoms with van der Waals surface area (Å²) in [6.07, 6.45) is 2.97. The van der Waals surface area contributed by atoms with Gasteiger partial charge in [0.15, 0.2) is 11.7 Å². The first kappa shape index (κ1) is 21.1. The first-order chi connectivity index (χ1) is 11.8. The minimum atomic E-state index is -4.47. The van der Waals surface area contributed by atoms with Crippen molar-refractivity contribution in [2.45, 2.75) is 45.3 Å². The summed E-state index contributed by atoms with van der Waals surface area (Å²) >= 11 is 0. The molecule has 0 amide bonds. The molecule has 1 aromatic rings. The van der Waals surface area contributed by atoms with E-state index in [4.69, 9.17) is 0 Å². The molecule has 1 rings (SSSR count). The van der Waals surface area contributed by atoms with Crippen LogP contribution in [0.5, 0.6) is 0 Å². The number of nitrogens with one attached hydrogen (secondary N) is 1. The van der Waals surface area contributed by atoms with Gasteiger partial charge in [0.2, 0.25) is 0 Å². The van der Waals surface area contributed by atoms with E-state index in [1.54, 1.807) is 0 Å². The highest BCUT2D eigenvalue weighted by Gasteiger charge is 2.36. The topological polar surface area (TPSA) is 45.5 Å². The van der Waals surface area contributed by atoms with Gasteiger partial charge in [-0.2, -0.15) is 18.3 Å². The van der Waals surface area contributed by atoms with Gasteiger partial charge in [0.1, 0.15) is 0 Å². The Kier molecular flexibility index (Phi) is 8.51. The first-order valence-corrected chi connectivity index (χ1v) is 8.49. The van der Waals surface area contributed by atoms with E-state index >= 15 is 0 Å². The van der Waals surface area contributed by atoms with E-state index < -0.39 is 11.9 Å². The molecule has 0 aliphatic rings. The summed E-state index contributed by atoms with van der Waals surface area (Å²) in [4.78, 5) is 6.29. The van der Waals surface area contributed by atoms with Crippen molar-refractivity contribution in [1.82, 2.24) is 20.0 Å². The predicted molar refractivity (Wildman–Crippen MR) is 94.3 cm³/mol. The van der Waals surface area contributed by atoms with Gasteiger partial charge in [0.05, 0.1) is 6.54 Å². The van der Waals surface area contributed by atoms with Gasteiger partial charge in [-0.15, -0.1) is 6.58 Å². The molecule has 0 aliphatic carbocycles. The number of aryl methyl sites for hydroxylation is 1. The van der Waals surface area contributed by atoms with Gasteiger partial charge in [-0.3, -0.25) is 4.68 Å². The molecule has 1 heterocycles. The Morgan fingerprint density at radius 3 is 2.72 bits per heavy atom. The average molecular weight is 359 g/mol. The van der Waals surface area contributed by atoms with Gasteiger partial charge >= 0.3 is 6.18 Å². The van der Waals surface area contributed by atoms with E-state index in [-0.39, 0.29) is 12.1 Å². The fourth-order valence-corrected chi connectivity index (χ4v) is 2.44. The van der Waals surface area contributed by atoms with Crippen molar-refractivity contribution in [2.24, 2.45) is 12.0 Å². The van der Waals surface area contributed by atoms with E-state index in [1.807, 2.05) is 24.9 Å². The molecule has 0 atom stereocenters. The molecular weight excluding hydrogens is 331 g/mol. The van der Waals surface area contributed by atoms with Gasteiger partial charge in [0, 0.05) is 38.9 Å². The first-order valence-electron chi connectivity index (χ1n) is 8.49. The number of halogens is 3. The van der Waals surface area contributed by atoms with Crippen LogP contribution in [0, 0.1) is 0 Å². The van der Waals surface area contributed by atoms with Crippen LogP contribution in [0.15, 0.2) is 23.8 Å². The molecule has 0 aromatic carbocycles. The molecule has 1 aromatic heterocycles. The van der Waals surface area contributed by atoms with Crippen LogP contribution in [-0.2, 0) is 19.8 Å². The van der Waals surface area contributed by atoms with Crippen molar-refractivity contribution in [1.29, 1.82) is 0 Å². The van der Waals surface area contributed by atoms with Crippen molar-refractivity contribution >= 4 is 5.96 Å². The molecule has 0 spiro atoms. The predicted octanol–water partition coefficient (Wildman–Crippen LogP) is 3.58. The Morgan fingerprint density at radius 2 is 2.12 bits per heavy atom. The molecule has 0 bridgehead atoms. The van der Waals surface area contributed by atoms with Crippen molar-refractivity contribution in [3.8, 4) is 0 Å². The van der Waals surface area contributed by atoms with E-state index in [9.17, 15) is 13.2 Å². The Morgan fingerprint density at radius 1 is 1.40 bits per heavy atom. The van der Waals surface area contributed by atoms with Crippen LogP contribution in [0.1, 0.15) is 43.9 Å². The van der Waals surface area contributed by atoms with E-state index in [0.717, 1.165) is 32.2 Å². The lowest BCUT2D eigenvalue weighted by Gasteiger charge is -2.22. The van der Waals surface area contributed by atoms with Gasteiger partial charge in [-0.1, -0.05) is 12.5 Å². The number of aliphatic imine (C=N–C) groups is 1. The lowest BCUT2D eigenvalue weighted by atomic mass is 10.2. The minimum Gasteiger partial charge on any atom is -0.357 e. The zero-order valence-corrected chi connectivity index (χ0v) is 15.2. The van der Waals surface area contributed by atoms with Crippen molar-refractivity contribution in [3.05, 3.63) is 30.1 Å². The number of aromatic nitrogens is 2. The van der Waals surface area contributed by atoms with Crippen molar-refractivity contribution in [3.63, 3.8) is 0 Å². The molecule has 1 N–H and O–H groups in total. The standard InChI is InChI=1S/C17H28F3N5/c1-5-7-8-9-10-11-24(3)16(21-6-2)22-12-14-13-25(4)23-15(14)17(18,19)20/h5,13H,1,6-12H2,2-4H3,(H,21,22). The van der Waals surface area contributed by atoms with Crippen LogP contribution < -0.4 is 5.32 Å². The smallest absolute Gasteiger partial charge is 0.357 e. The molecule has 0 aliphatic heterocycles. The summed E-state index contributed by atoms with van der Waals surface area (Å²) in [6.45, 7) is 7.01. The van der Waals surface area contributed by atoms with Crippen LogP contribution in [0.3, 0.4) is 0 Å². The second-order valence-corrected chi connectivity index (χ2v) is 5.90. The van der Waals surface area contributed by atoms with Gasteiger partial charge in [0.25, 0.3) is 0 Å². The lowest BCUT2D eigenvalue weighted by molar-refractivity contribution is -0.142. The number of guanidine groups is 1. The molecule has 0 saturated carbocycles. The Bertz CT molecular complexity index is 563. The number of hydrogen-bond acceptors (Lipinski definition) is 2. The summed E-state index contributed by atoms with van der Waals surface area (Å²) in [6, 6.07) is 0. The Balaban J connectivity index is 2.74. The highest BCUT2D eigenvalue weighted by Crippen LogP contribution is 2.30. The number of unbranched alkanes of at least 4 members (excludes halogenated alkanes) is 3. The van der Waals surface area contributed by atoms with Crippen LogP contribution in [-0.4, -0.2) is 40.8 Å². The largest absolute Gasteiger partial charge is 0.435 e. The van der Waals surface area contributed by atoms with Gasteiger partial charge < -0.3 is 10.2 Å². The fourth-order valence-electron chi connectivity index (χ4n) is 2.44. The molecule has 5 nitrogen and oxygen atoms in total. The summed E-state index contributed by atoms with van der Waals surface area (Å²) in [5, 5.41) is 6.63. The zero-order valence-electron chi connectivity index (χ0n) is 15.2. The van der Waals surface area contributed by atoms with Crippen LogP contribution >= 0.6 is 0 Å². The van der Waals surface area contributed by atoms with E-state index in [1.165, 1.54) is 17.9 Å². The van der Waals surface area contributed by atoms with E-state index in [0.29, 0.717) is 12.5 Å². The van der Waals surface area contributed by atoms with Crippen molar-refractivity contribution < 1.29 is 13.2 Å². The average Bonchev–Trinajstić information content (AvgIpc) is 2.92. The maximum atomic E-state index is 13.0. The third-order valence-electron chi connectivity index (χ3n) is 3.67. The van der Waals surface area contributed by atoms with Gasteiger partial charge in [-0.05, 0) is 26.2 Å². The molecule has 142 valence electrons. The second-order valence-electron chi connectivity index (χ2n) is 5.90. The lowest BCUT2D eigenvalue weighted by Crippen LogP contribution is -2.39. The second kappa shape index (κ2) is 10.1. The SMILES string of the molecule is C=CCCCCCN(C)C(=NCc1cn(C)nc1C(F)(F)F)NCC. The monoisotopic (exact) mass is 359 g/mol. The Hall–Kier alpha value is -1.99. The fraction of sp³-hybridized carbons (Fsp3) is 0.647. The summed E-state index contributed by atoms with van der Waals surface area (Å²) < 4.78 is 40.2. The molecule has 8 heteroatoms. The minimum absolute atomic E-state index is 0.0637. The maximum absolute atomic E-state index is 13.0.